The van der Waals surface area contributed by atoms with E-state index in [4.69, 9.17) is 42.1 Å². The summed E-state index contributed by atoms with van der Waals surface area (Å²) in [5.41, 5.74) is 2.73. The van der Waals surface area contributed by atoms with E-state index in [1.807, 2.05) is 12.2 Å². The molecule has 5 rings (SSSR count). The molecule has 1 N–H and O–H groups in total. The fraction of sp³-hybridized carbons (Fsp3) is 0.240. The standard InChI is InChI=1S/C25H20Cl2N4O5/c26-18-12-28-13-19(27)21(18)22-17(23(36-30-22)14-6-7-14)5-2-9-34-10-8-20-29-24(31-35-20)15-3-1-4-16(11-15)25(32)33/h1-5,11-14H,6-10H2,(H,32,33)/b5-2+. The van der Waals surface area contributed by atoms with Crippen LogP contribution in [0.2, 0.25) is 10.0 Å². The van der Waals surface area contributed by atoms with Crippen LogP contribution in [0.25, 0.3) is 28.7 Å². The van der Waals surface area contributed by atoms with Gasteiger partial charge in [-0.1, -0.05) is 57.8 Å². The Morgan fingerprint density at radius 1 is 1.17 bits per heavy atom. The number of ether oxygens (including phenoxy) is 1. The number of nitrogens with zero attached hydrogens (tertiary/aromatic N) is 4. The van der Waals surface area contributed by atoms with Gasteiger partial charge in [-0.05, 0) is 25.0 Å². The van der Waals surface area contributed by atoms with E-state index < -0.39 is 5.97 Å². The molecule has 0 radical (unpaired) electrons. The molecular weight excluding hydrogens is 507 g/mol. The van der Waals surface area contributed by atoms with Gasteiger partial charge in [-0.15, -0.1) is 0 Å². The summed E-state index contributed by atoms with van der Waals surface area (Å²) >= 11 is 12.7. The fourth-order valence-corrected chi connectivity index (χ4v) is 4.21. The fourth-order valence-electron chi connectivity index (χ4n) is 3.67. The topological polar surface area (TPSA) is 124 Å². The molecule has 1 saturated carbocycles. The van der Waals surface area contributed by atoms with Crippen LogP contribution in [0.1, 0.15) is 46.3 Å². The number of benzene rings is 1. The van der Waals surface area contributed by atoms with Crippen LogP contribution < -0.4 is 0 Å². The van der Waals surface area contributed by atoms with Crippen molar-refractivity contribution in [1.82, 2.24) is 20.3 Å². The van der Waals surface area contributed by atoms with E-state index in [1.165, 1.54) is 24.5 Å². The summed E-state index contributed by atoms with van der Waals surface area (Å²) in [6, 6.07) is 6.37. The lowest BCUT2D eigenvalue weighted by atomic mass is 10.0. The average Bonchev–Trinajstić information content (AvgIpc) is 3.46. The van der Waals surface area contributed by atoms with Crippen LogP contribution in [0, 0.1) is 0 Å². The minimum Gasteiger partial charge on any atom is -0.478 e. The van der Waals surface area contributed by atoms with Crippen molar-refractivity contribution in [2.75, 3.05) is 13.2 Å². The summed E-state index contributed by atoms with van der Waals surface area (Å²) in [6.45, 7) is 0.698. The number of carbonyl (C=O) groups is 1. The van der Waals surface area contributed by atoms with Gasteiger partial charge >= 0.3 is 5.97 Å². The summed E-state index contributed by atoms with van der Waals surface area (Å²) in [4.78, 5) is 19.5. The van der Waals surface area contributed by atoms with Gasteiger partial charge in [-0.3, -0.25) is 4.98 Å². The van der Waals surface area contributed by atoms with E-state index in [0.29, 0.717) is 64.1 Å². The monoisotopic (exact) mass is 526 g/mol. The van der Waals surface area contributed by atoms with Gasteiger partial charge in [0.2, 0.25) is 11.7 Å². The Balaban J connectivity index is 1.20. The second-order valence-electron chi connectivity index (χ2n) is 8.19. The van der Waals surface area contributed by atoms with Gasteiger partial charge in [0, 0.05) is 35.0 Å². The largest absolute Gasteiger partial charge is 0.478 e. The molecular formula is C25H20Cl2N4O5. The second kappa shape index (κ2) is 10.6. The molecule has 0 saturated heterocycles. The number of pyridine rings is 1. The lowest BCUT2D eigenvalue weighted by Gasteiger charge is -2.04. The Labute approximate surface area is 215 Å². The number of halogens is 2. The van der Waals surface area contributed by atoms with Crippen LogP contribution >= 0.6 is 23.2 Å². The number of hydrogen-bond donors (Lipinski definition) is 1. The van der Waals surface area contributed by atoms with E-state index in [0.717, 1.165) is 24.2 Å². The third kappa shape index (κ3) is 5.33. The predicted octanol–water partition coefficient (Wildman–Crippen LogP) is 5.94. The maximum Gasteiger partial charge on any atom is 0.335 e. The van der Waals surface area contributed by atoms with Crippen molar-refractivity contribution in [2.24, 2.45) is 0 Å². The highest BCUT2D eigenvalue weighted by Gasteiger charge is 2.32. The highest BCUT2D eigenvalue weighted by molar-refractivity contribution is 6.39. The maximum atomic E-state index is 11.2. The van der Waals surface area contributed by atoms with Crippen LogP contribution in [0.3, 0.4) is 0 Å². The summed E-state index contributed by atoms with van der Waals surface area (Å²) in [5.74, 6) is 0.865. The molecule has 9 nitrogen and oxygen atoms in total. The first-order valence-electron chi connectivity index (χ1n) is 11.2. The first kappa shape index (κ1) is 24.2. The zero-order chi connectivity index (χ0) is 25.1. The van der Waals surface area contributed by atoms with Crippen LogP contribution in [0.5, 0.6) is 0 Å². The molecule has 0 atom stereocenters. The van der Waals surface area contributed by atoms with Crippen LogP contribution in [-0.4, -0.2) is 44.6 Å². The van der Waals surface area contributed by atoms with Gasteiger partial charge in [0.15, 0.2) is 0 Å². The molecule has 36 heavy (non-hydrogen) atoms. The molecule has 1 aliphatic carbocycles. The molecule has 11 heteroatoms. The van der Waals surface area contributed by atoms with Crippen molar-refractivity contribution in [1.29, 1.82) is 0 Å². The second-order valence-corrected chi connectivity index (χ2v) is 9.00. The molecule has 0 aliphatic heterocycles. The normalized spacial score (nSPS) is 13.5. The molecule has 1 aromatic carbocycles. The lowest BCUT2D eigenvalue weighted by molar-refractivity contribution is 0.0697. The molecule has 0 bridgehead atoms. The summed E-state index contributed by atoms with van der Waals surface area (Å²) < 4.78 is 16.6. The number of aromatic nitrogens is 4. The highest BCUT2D eigenvalue weighted by Crippen LogP contribution is 2.46. The van der Waals surface area contributed by atoms with Gasteiger partial charge in [-0.2, -0.15) is 4.98 Å². The number of carboxylic acid groups (broad SMARTS) is 1. The zero-order valence-corrected chi connectivity index (χ0v) is 20.4. The van der Waals surface area contributed by atoms with E-state index >= 15 is 0 Å². The smallest absolute Gasteiger partial charge is 0.335 e. The first-order chi connectivity index (χ1) is 17.5. The quantitative estimate of drug-likeness (QED) is 0.249. The Hall–Kier alpha value is -3.53. The van der Waals surface area contributed by atoms with E-state index in [2.05, 4.69) is 20.3 Å². The van der Waals surface area contributed by atoms with Crippen molar-refractivity contribution < 1.29 is 23.7 Å². The minimum absolute atomic E-state index is 0.156. The molecule has 184 valence electrons. The van der Waals surface area contributed by atoms with Gasteiger partial charge in [0.05, 0.1) is 35.2 Å². The van der Waals surface area contributed by atoms with Crippen LogP contribution in [0.15, 0.2) is 51.8 Å². The molecule has 3 aromatic heterocycles. The third-order valence-corrected chi connectivity index (χ3v) is 6.16. The zero-order valence-electron chi connectivity index (χ0n) is 18.9. The Morgan fingerprint density at radius 2 is 1.97 bits per heavy atom. The molecule has 4 aromatic rings. The number of hydrogen-bond acceptors (Lipinski definition) is 8. The van der Waals surface area contributed by atoms with Crippen molar-refractivity contribution >= 4 is 35.2 Å². The Morgan fingerprint density at radius 3 is 2.72 bits per heavy atom. The van der Waals surface area contributed by atoms with Crippen molar-refractivity contribution in [3.8, 4) is 22.6 Å². The van der Waals surface area contributed by atoms with Gasteiger partial charge in [-0.25, -0.2) is 4.79 Å². The van der Waals surface area contributed by atoms with Gasteiger partial charge in [0.25, 0.3) is 0 Å². The molecule has 3 heterocycles. The summed E-state index contributed by atoms with van der Waals surface area (Å²) in [7, 11) is 0. The van der Waals surface area contributed by atoms with Crippen molar-refractivity contribution in [3.63, 3.8) is 0 Å². The summed E-state index contributed by atoms with van der Waals surface area (Å²) in [6.07, 6.45) is 9.35. The van der Waals surface area contributed by atoms with E-state index in [-0.39, 0.29) is 5.56 Å². The molecule has 0 amide bonds. The highest BCUT2D eigenvalue weighted by atomic mass is 35.5. The number of aromatic carboxylic acids is 1. The number of rotatable bonds is 10. The van der Waals surface area contributed by atoms with E-state index in [9.17, 15) is 4.79 Å². The molecule has 0 unspecified atom stereocenters. The lowest BCUT2D eigenvalue weighted by Crippen LogP contribution is -1.99. The minimum atomic E-state index is -1.02. The van der Waals surface area contributed by atoms with Gasteiger partial charge < -0.3 is 18.9 Å². The SMILES string of the molecule is O=C(O)c1cccc(-c2noc(CCOC/C=C/c3c(-c4c(Cl)cncc4Cl)noc3C3CC3)n2)c1. The molecule has 1 aliphatic rings. The maximum absolute atomic E-state index is 11.2. The van der Waals surface area contributed by atoms with Crippen LogP contribution in [0.4, 0.5) is 0 Å². The summed E-state index contributed by atoms with van der Waals surface area (Å²) in [5, 5.41) is 18.1. The first-order valence-corrected chi connectivity index (χ1v) is 12.0. The van der Waals surface area contributed by atoms with Crippen LogP contribution in [-0.2, 0) is 11.2 Å². The van der Waals surface area contributed by atoms with Crippen molar-refractivity contribution in [3.05, 3.63) is 75.6 Å². The Kier molecular flexibility index (Phi) is 7.13. The third-order valence-electron chi connectivity index (χ3n) is 5.59. The molecule has 0 spiro atoms. The van der Waals surface area contributed by atoms with Crippen molar-refractivity contribution in [2.45, 2.75) is 25.2 Å². The Bertz CT molecular complexity index is 1410. The predicted molar refractivity (Wildman–Crippen MR) is 132 cm³/mol. The van der Waals surface area contributed by atoms with Gasteiger partial charge in [0.1, 0.15) is 11.5 Å². The van der Waals surface area contributed by atoms with E-state index in [1.54, 1.807) is 12.1 Å². The number of carboxylic acids is 1. The average molecular weight is 527 g/mol. The molecule has 1 fully saturated rings.